The Bertz CT molecular complexity index is 308. The number of quaternary nitrogens is 1. The third-order valence-corrected chi connectivity index (χ3v) is 3.59. The monoisotopic (exact) mass is 230 g/mol. The van der Waals surface area contributed by atoms with Gasteiger partial charge in [0.1, 0.15) is 5.54 Å². The molecule has 0 bridgehead atoms. The van der Waals surface area contributed by atoms with Gasteiger partial charge in [-0.15, -0.1) is 0 Å². The van der Waals surface area contributed by atoms with Crippen LogP contribution < -0.4 is 0 Å². The lowest BCUT2D eigenvalue weighted by Crippen LogP contribution is -2.71. The zero-order chi connectivity index (χ0) is 12.6. The molecule has 0 aromatic carbocycles. The van der Waals surface area contributed by atoms with Crippen molar-refractivity contribution in [3.05, 3.63) is 0 Å². The highest BCUT2D eigenvalue weighted by molar-refractivity contribution is 5.75. The molecule has 1 rings (SSSR count). The van der Waals surface area contributed by atoms with Gasteiger partial charge < -0.3 is 10.2 Å². The number of rotatable bonds is 1. The molecule has 5 nitrogen and oxygen atoms in total. The molecule has 5 heteroatoms. The van der Waals surface area contributed by atoms with Crippen molar-refractivity contribution in [3.8, 4) is 0 Å². The molecular weight excluding hydrogens is 210 g/mol. The van der Waals surface area contributed by atoms with Crippen molar-refractivity contribution in [3.63, 3.8) is 0 Å². The summed E-state index contributed by atoms with van der Waals surface area (Å²) in [7, 11) is 0. The zero-order valence-corrected chi connectivity index (χ0v) is 10.1. The highest BCUT2D eigenvalue weighted by atomic mass is 16.4. The summed E-state index contributed by atoms with van der Waals surface area (Å²) in [6.45, 7) is 5.78. The Morgan fingerprint density at radius 2 is 1.75 bits per heavy atom. The van der Waals surface area contributed by atoms with Gasteiger partial charge in [-0.3, -0.25) is 0 Å². The summed E-state index contributed by atoms with van der Waals surface area (Å²) in [4.78, 5) is 22.8. The van der Waals surface area contributed by atoms with E-state index in [9.17, 15) is 19.8 Å². The minimum atomic E-state index is -1.03. The number of hydrogen-bond acceptors (Lipinski definition) is 2. The molecule has 1 heterocycles. The summed E-state index contributed by atoms with van der Waals surface area (Å²) in [6, 6.07) is -0.828. The molecule has 16 heavy (non-hydrogen) atoms. The fraction of sp³-hybridized carbons (Fsp3) is 0.818. The van der Waals surface area contributed by atoms with Gasteiger partial charge in [0.15, 0.2) is 6.04 Å². The molecule has 1 amide bonds. The fourth-order valence-corrected chi connectivity index (χ4v) is 2.71. The number of carbonyl (C=O) groups is 2. The number of carboxylic acid groups (broad SMARTS) is 2. The summed E-state index contributed by atoms with van der Waals surface area (Å²) in [5, 5.41) is 18.7. The van der Waals surface area contributed by atoms with E-state index >= 15 is 0 Å². The number of piperidine rings is 1. The van der Waals surface area contributed by atoms with Crippen LogP contribution in [0.2, 0.25) is 0 Å². The van der Waals surface area contributed by atoms with Crippen LogP contribution in [0.1, 0.15) is 40.0 Å². The Hall–Kier alpha value is -1.10. The lowest BCUT2D eigenvalue weighted by Gasteiger charge is -2.49. The number of carboxylic acids is 1. The average molecular weight is 230 g/mol. The van der Waals surface area contributed by atoms with Crippen LogP contribution in [0.3, 0.4) is 0 Å². The Morgan fingerprint density at radius 3 is 2.06 bits per heavy atom. The number of aliphatic carboxylic acids is 1. The van der Waals surface area contributed by atoms with Crippen LogP contribution in [0, 0.1) is 0 Å². The highest BCUT2D eigenvalue weighted by Gasteiger charge is 2.57. The van der Waals surface area contributed by atoms with Crippen LogP contribution in [0.4, 0.5) is 4.79 Å². The number of hydrogen-bond donors (Lipinski definition) is 2. The van der Waals surface area contributed by atoms with Crippen LogP contribution in [0.15, 0.2) is 0 Å². The maximum absolute atomic E-state index is 11.5. The molecule has 1 saturated heterocycles. The minimum absolute atomic E-state index is 0.359. The van der Waals surface area contributed by atoms with Crippen molar-refractivity contribution in [2.24, 2.45) is 0 Å². The molecule has 2 atom stereocenters. The summed E-state index contributed by atoms with van der Waals surface area (Å²) in [6.07, 6.45) is 0.978. The predicted octanol–water partition coefficient (Wildman–Crippen LogP) is 1.92. The Labute approximate surface area is 95.3 Å². The predicted molar refractivity (Wildman–Crippen MR) is 58.2 cm³/mol. The van der Waals surface area contributed by atoms with Gasteiger partial charge in [-0.1, -0.05) is 0 Å². The van der Waals surface area contributed by atoms with E-state index in [0.717, 1.165) is 12.8 Å². The highest BCUT2D eigenvalue weighted by Crippen LogP contribution is 2.35. The lowest BCUT2D eigenvalue weighted by atomic mass is 9.90. The number of amides is 1. The molecule has 1 fully saturated rings. The first-order valence-corrected chi connectivity index (χ1v) is 5.57. The van der Waals surface area contributed by atoms with E-state index in [1.807, 2.05) is 0 Å². The largest absolute Gasteiger partial charge is 0.514 e. The Kier molecular flexibility index (Phi) is 3.28. The van der Waals surface area contributed by atoms with Crippen molar-refractivity contribution >= 4 is 12.1 Å². The molecule has 92 valence electrons. The maximum Gasteiger partial charge on any atom is 0.514 e. The van der Waals surface area contributed by atoms with Crippen molar-refractivity contribution in [1.82, 2.24) is 0 Å². The molecule has 0 saturated carbocycles. The second kappa shape index (κ2) is 4.05. The van der Waals surface area contributed by atoms with Gasteiger partial charge in [-0.05, 0) is 33.6 Å². The summed E-state index contributed by atoms with van der Waals surface area (Å²) >= 11 is 0. The molecule has 0 aromatic heterocycles. The van der Waals surface area contributed by atoms with Crippen molar-refractivity contribution in [2.45, 2.75) is 51.6 Å². The number of nitrogens with zero attached hydrogens (tertiary/aromatic N) is 1. The third kappa shape index (κ3) is 1.80. The van der Waals surface area contributed by atoms with Crippen LogP contribution >= 0.6 is 0 Å². The van der Waals surface area contributed by atoms with Crippen LogP contribution in [-0.4, -0.2) is 44.9 Å². The Morgan fingerprint density at radius 1 is 1.19 bits per heavy atom. The molecule has 1 aliphatic rings. The van der Waals surface area contributed by atoms with E-state index in [1.165, 1.54) is 0 Å². The van der Waals surface area contributed by atoms with Crippen molar-refractivity contribution in [2.75, 3.05) is 6.54 Å². The van der Waals surface area contributed by atoms with Crippen molar-refractivity contribution < 1.29 is 24.3 Å². The topological polar surface area (TPSA) is 74.6 Å². The lowest BCUT2D eigenvalue weighted by molar-refractivity contribution is -0.923. The minimum Gasteiger partial charge on any atom is -0.477 e. The molecule has 1 aliphatic heterocycles. The second-order valence-electron chi connectivity index (χ2n) is 5.40. The van der Waals surface area contributed by atoms with Gasteiger partial charge in [0.05, 0.1) is 6.54 Å². The smallest absolute Gasteiger partial charge is 0.477 e. The fourth-order valence-electron chi connectivity index (χ4n) is 2.71. The summed E-state index contributed by atoms with van der Waals surface area (Å²) < 4.78 is -0.359. The summed E-state index contributed by atoms with van der Waals surface area (Å²) in [5.74, 6) is -1.00. The molecule has 1 unspecified atom stereocenters. The van der Waals surface area contributed by atoms with E-state index in [-0.39, 0.29) is 4.48 Å². The zero-order valence-electron chi connectivity index (χ0n) is 10.1. The van der Waals surface area contributed by atoms with E-state index in [1.54, 1.807) is 20.8 Å². The molecule has 0 aromatic rings. The van der Waals surface area contributed by atoms with Gasteiger partial charge in [0, 0.05) is 6.42 Å². The van der Waals surface area contributed by atoms with Crippen LogP contribution in [0.25, 0.3) is 0 Å². The standard InChI is InChI=1S/C11H19NO4/c1-11(2,3)12(10(15)16)7-5-4-6-8(12)9(13)14/h8H,4-7H2,1-3H3,(H-,13,14,15,16)/p+1/t8-,12?/m1/s1. The Balaban J connectivity index is 3.25. The molecular formula is C11H20NO4+. The first-order chi connectivity index (χ1) is 7.23. The second-order valence-corrected chi connectivity index (χ2v) is 5.40. The first-order valence-electron chi connectivity index (χ1n) is 5.57. The first kappa shape index (κ1) is 13.0. The third-order valence-electron chi connectivity index (χ3n) is 3.59. The molecule has 0 aliphatic carbocycles. The quantitative estimate of drug-likeness (QED) is 0.675. The van der Waals surface area contributed by atoms with Gasteiger partial charge >= 0.3 is 12.1 Å². The van der Waals surface area contributed by atoms with E-state index in [2.05, 4.69) is 0 Å². The maximum atomic E-state index is 11.5. The van der Waals surface area contributed by atoms with E-state index < -0.39 is 23.6 Å². The number of likely N-dealkylation sites (tertiary alicyclic amines) is 1. The van der Waals surface area contributed by atoms with Gasteiger partial charge in [-0.2, -0.15) is 4.79 Å². The molecule has 0 spiro atoms. The van der Waals surface area contributed by atoms with Crippen LogP contribution in [0.5, 0.6) is 0 Å². The average Bonchev–Trinajstić information content (AvgIpc) is 2.15. The van der Waals surface area contributed by atoms with Crippen molar-refractivity contribution in [1.29, 1.82) is 0 Å². The summed E-state index contributed by atoms with van der Waals surface area (Å²) in [5.41, 5.74) is -0.602. The van der Waals surface area contributed by atoms with Gasteiger partial charge in [0.2, 0.25) is 0 Å². The van der Waals surface area contributed by atoms with Gasteiger partial charge in [0.25, 0.3) is 0 Å². The molecule has 2 N–H and O–H groups in total. The van der Waals surface area contributed by atoms with Crippen LogP contribution in [-0.2, 0) is 4.79 Å². The SMILES string of the molecule is CC(C)(C)[N+]1(C(=O)O)CCCC[C@@H]1C(=O)O. The molecule has 0 radical (unpaired) electrons. The van der Waals surface area contributed by atoms with Gasteiger partial charge in [-0.25, -0.2) is 9.28 Å². The van der Waals surface area contributed by atoms with E-state index in [0.29, 0.717) is 13.0 Å². The van der Waals surface area contributed by atoms with E-state index in [4.69, 9.17) is 0 Å². The normalized spacial score (nSPS) is 31.1.